The SMILES string of the molecule is COc1ccc(NC(=O)Cn2nc(-c3ccccc3)c3sc(C)nc3c2=O)cc1. The Balaban J connectivity index is 1.68. The van der Waals surface area contributed by atoms with Gasteiger partial charge in [-0.1, -0.05) is 30.3 Å². The minimum Gasteiger partial charge on any atom is -0.497 e. The Morgan fingerprint density at radius 2 is 1.86 bits per heavy atom. The van der Waals surface area contributed by atoms with Gasteiger partial charge in [-0.15, -0.1) is 11.3 Å². The molecule has 0 radical (unpaired) electrons. The zero-order valence-corrected chi connectivity index (χ0v) is 16.7. The molecule has 2 aromatic heterocycles. The highest BCUT2D eigenvalue weighted by molar-refractivity contribution is 7.19. The van der Waals surface area contributed by atoms with Gasteiger partial charge in [0.2, 0.25) is 5.91 Å². The number of carbonyl (C=O) groups excluding carboxylic acids is 1. The number of benzene rings is 2. The summed E-state index contributed by atoms with van der Waals surface area (Å²) < 4.78 is 7.01. The molecule has 4 rings (SSSR count). The number of aryl methyl sites for hydroxylation is 1. The van der Waals surface area contributed by atoms with E-state index in [1.54, 1.807) is 31.4 Å². The Bertz CT molecular complexity index is 1230. The van der Waals surface area contributed by atoms with E-state index in [0.29, 0.717) is 22.6 Å². The van der Waals surface area contributed by atoms with Crippen molar-refractivity contribution < 1.29 is 9.53 Å². The lowest BCUT2D eigenvalue weighted by atomic mass is 10.1. The van der Waals surface area contributed by atoms with Crippen LogP contribution in [0.5, 0.6) is 5.75 Å². The van der Waals surface area contributed by atoms with Crippen molar-refractivity contribution in [3.8, 4) is 17.0 Å². The second-order valence-corrected chi connectivity index (χ2v) is 7.57. The third-order valence-corrected chi connectivity index (χ3v) is 5.30. The normalized spacial score (nSPS) is 10.8. The van der Waals surface area contributed by atoms with Gasteiger partial charge in [-0.3, -0.25) is 9.59 Å². The molecule has 1 amide bonds. The van der Waals surface area contributed by atoms with Crippen molar-refractivity contribution in [1.82, 2.24) is 14.8 Å². The lowest BCUT2D eigenvalue weighted by Gasteiger charge is -2.10. The van der Waals surface area contributed by atoms with Gasteiger partial charge >= 0.3 is 0 Å². The van der Waals surface area contributed by atoms with Gasteiger partial charge in [0.25, 0.3) is 5.56 Å². The van der Waals surface area contributed by atoms with E-state index >= 15 is 0 Å². The van der Waals surface area contributed by atoms with Crippen LogP contribution < -0.4 is 15.6 Å². The molecule has 0 atom stereocenters. The molecule has 0 bridgehead atoms. The molecule has 0 fully saturated rings. The summed E-state index contributed by atoms with van der Waals surface area (Å²) >= 11 is 1.42. The Morgan fingerprint density at radius 3 is 2.55 bits per heavy atom. The first-order chi connectivity index (χ1) is 14.0. The Labute approximate surface area is 170 Å². The van der Waals surface area contributed by atoms with Crippen LogP contribution in [0.1, 0.15) is 5.01 Å². The molecule has 8 heteroatoms. The third kappa shape index (κ3) is 3.88. The van der Waals surface area contributed by atoms with E-state index in [1.807, 2.05) is 37.3 Å². The van der Waals surface area contributed by atoms with E-state index in [0.717, 1.165) is 15.3 Å². The number of anilines is 1. The first-order valence-electron chi connectivity index (χ1n) is 8.93. The van der Waals surface area contributed by atoms with Gasteiger partial charge in [-0.05, 0) is 31.2 Å². The summed E-state index contributed by atoms with van der Waals surface area (Å²) in [5, 5.41) is 8.03. The lowest BCUT2D eigenvalue weighted by Crippen LogP contribution is -2.30. The van der Waals surface area contributed by atoms with Crippen LogP contribution in [-0.2, 0) is 11.3 Å². The fraction of sp³-hybridized carbons (Fsp3) is 0.143. The van der Waals surface area contributed by atoms with Crippen LogP contribution in [0.2, 0.25) is 0 Å². The zero-order valence-electron chi connectivity index (χ0n) is 15.9. The monoisotopic (exact) mass is 406 g/mol. The number of fused-ring (bicyclic) bond motifs is 1. The van der Waals surface area contributed by atoms with E-state index in [2.05, 4.69) is 15.4 Å². The number of aromatic nitrogens is 3. The number of carbonyl (C=O) groups is 1. The Kier molecular flexibility index (Phi) is 5.09. The number of thiazole rings is 1. The summed E-state index contributed by atoms with van der Waals surface area (Å²) in [6.07, 6.45) is 0. The van der Waals surface area contributed by atoms with E-state index in [-0.39, 0.29) is 18.0 Å². The molecule has 29 heavy (non-hydrogen) atoms. The molecule has 0 spiro atoms. The van der Waals surface area contributed by atoms with Crippen LogP contribution in [0.3, 0.4) is 0 Å². The summed E-state index contributed by atoms with van der Waals surface area (Å²) in [4.78, 5) is 29.7. The fourth-order valence-corrected chi connectivity index (χ4v) is 3.89. The molecule has 0 unspecified atom stereocenters. The molecule has 1 N–H and O–H groups in total. The third-order valence-electron chi connectivity index (χ3n) is 4.32. The average molecular weight is 406 g/mol. The van der Waals surface area contributed by atoms with Crippen molar-refractivity contribution in [3.05, 3.63) is 70.0 Å². The predicted octanol–water partition coefficient (Wildman–Crippen LogP) is 3.48. The van der Waals surface area contributed by atoms with Crippen molar-refractivity contribution in [3.63, 3.8) is 0 Å². The van der Waals surface area contributed by atoms with Gasteiger partial charge in [0.15, 0.2) is 5.52 Å². The minimum absolute atomic E-state index is 0.211. The lowest BCUT2D eigenvalue weighted by molar-refractivity contribution is -0.117. The molecule has 2 aromatic carbocycles. The summed E-state index contributed by atoms with van der Waals surface area (Å²) in [5.41, 5.74) is 2.07. The number of hydrogen-bond acceptors (Lipinski definition) is 6. The van der Waals surface area contributed by atoms with Crippen molar-refractivity contribution in [1.29, 1.82) is 0 Å². The van der Waals surface area contributed by atoms with Gasteiger partial charge in [-0.2, -0.15) is 5.10 Å². The highest BCUT2D eigenvalue weighted by Gasteiger charge is 2.17. The van der Waals surface area contributed by atoms with Crippen LogP contribution in [0.25, 0.3) is 21.5 Å². The second kappa shape index (κ2) is 7.84. The predicted molar refractivity (Wildman–Crippen MR) is 113 cm³/mol. The zero-order chi connectivity index (χ0) is 20.4. The second-order valence-electron chi connectivity index (χ2n) is 6.36. The van der Waals surface area contributed by atoms with E-state index < -0.39 is 0 Å². The van der Waals surface area contributed by atoms with Gasteiger partial charge in [0.05, 0.1) is 16.8 Å². The number of hydrogen-bond donors (Lipinski definition) is 1. The maximum atomic E-state index is 12.8. The molecule has 146 valence electrons. The first kappa shape index (κ1) is 18.8. The van der Waals surface area contributed by atoms with Gasteiger partial charge < -0.3 is 10.1 Å². The summed E-state index contributed by atoms with van der Waals surface area (Å²) in [6.45, 7) is 1.64. The average Bonchev–Trinajstić information content (AvgIpc) is 3.13. The molecule has 0 aliphatic heterocycles. The molecule has 2 heterocycles. The number of amides is 1. The number of ether oxygens (including phenoxy) is 1. The van der Waals surface area contributed by atoms with E-state index in [4.69, 9.17) is 4.74 Å². The smallest absolute Gasteiger partial charge is 0.294 e. The Morgan fingerprint density at radius 1 is 1.14 bits per heavy atom. The molecule has 0 aliphatic carbocycles. The molecule has 7 nitrogen and oxygen atoms in total. The fourth-order valence-electron chi connectivity index (χ4n) is 2.97. The van der Waals surface area contributed by atoms with Crippen molar-refractivity contribution in [2.75, 3.05) is 12.4 Å². The van der Waals surface area contributed by atoms with Crippen LogP contribution in [-0.4, -0.2) is 27.8 Å². The number of rotatable bonds is 5. The number of nitrogens with zero attached hydrogens (tertiary/aromatic N) is 3. The molecular weight excluding hydrogens is 388 g/mol. The largest absolute Gasteiger partial charge is 0.497 e. The van der Waals surface area contributed by atoms with Crippen molar-refractivity contribution in [2.45, 2.75) is 13.5 Å². The van der Waals surface area contributed by atoms with Gasteiger partial charge in [0, 0.05) is 11.3 Å². The van der Waals surface area contributed by atoms with Gasteiger partial charge in [-0.25, -0.2) is 9.67 Å². The molecule has 4 aromatic rings. The maximum absolute atomic E-state index is 12.8. The number of methoxy groups -OCH3 is 1. The molecule has 0 aliphatic rings. The standard InChI is InChI=1S/C21H18N4O3S/c1-13-22-19-20(29-13)18(14-6-4-3-5-7-14)24-25(21(19)27)12-17(26)23-15-8-10-16(28-2)11-9-15/h3-11H,12H2,1-2H3,(H,23,26). The summed E-state index contributed by atoms with van der Waals surface area (Å²) in [6, 6.07) is 16.5. The first-order valence-corrected chi connectivity index (χ1v) is 9.74. The Hall–Kier alpha value is -3.52. The maximum Gasteiger partial charge on any atom is 0.294 e. The quantitative estimate of drug-likeness (QED) is 0.548. The van der Waals surface area contributed by atoms with Crippen molar-refractivity contribution in [2.24, 2.45) is 0 Å². The highest BCUT2D eigenvalue weighted by Crippen LogP contribution is 2.29. The molecular formula is C21H18N4O3S. The van der Waals surface area contributed by atoms with Crippen LogP contribution in [0.4, 0.5) is 5.69 Å². The van der Waals surface area contributed by atoms with Crippen LogP contribution >= 0.6 is 11.3 Å². The summed E-state index contributed by atoms with van der Waals surface area (Å²) in [5.74, 6) is 0.341. The van der Waals surface area contributed by atoms with Crippen LogP contribution in [0.15, 0.2) is 59.4 Å². The van der Waals surface area contributed by atoms with E-state index in [1.165, 1.54) is 16.0 Å². The minimum atomic E-state index is -0.381. The van der Waals surface area contributed by atoms with Crippen molar-refractivity contribution >= 4 is 33.1 Å². The highest BCUT2D eigenvalue weighted by atomic mass is 32.1. The van der Waals surface area contributed by atoms with E-state index in [9.17, 15) is 9.59 Å². The topological polar surface area (TPSA) is 86.1 Å². The van der Waals surface area contributed by atoms with Crippen LogP contribution in [0, 0.1) is 6.92 Å². The molecule has 0 saturated heterocycles. The summed E-state index contributed by atoms with van der Waals surface area (Å²) in [7, 11) is 1.58. The molecule has 0 saturated carbocycles. The van der Waals surface area contributed by atoms with Gasteiger partial charge in [0.1, 0.15) is 18.0 Å². The number of nitrogens with one attached hydrogen (secondary N) is 1.